The Bertz CT molecular complexity index is 548. The van der Waals surface area contributed by atoms with Crippen LogP contribution >= 0.6 is 11.6 Å². The number of halogens is 1. The number of amides is 1. The number of carbonyl (C=O) groups excluding carboxylic acids is 1. The van der Waals surface area contributed by atoms with Crippen LogP contribution < -0.4 is 5.73 Å². The van der Waals surface area contributed by atoms with E-state index in [0.29, 0.717) is 23.7 Å². The van der Waals surface area contributed by atoms with Crippen LogP contribution in [0, 0.1) is 6.92 Å². The number of amidine groups is 1. The third-order valence-electron chi connectivity index (χ3n) is 3.15. The van der Waals surface area contributed by atoms with Gasteiger partial charge >= 0.3 is 0 Å². The molecule has 6 nitrogen and oxygen atoms in total. The number of aryl methyl sites for hydroxylation is 1. The number of hydrogen-bond acceptors (Lipinski definition) is 4. The van der Waals surface area contributed by atoms with Gasteiger partial charge in [0.25, 0.3) is 5.91 Å². The van der Waals surface area contributed by atoms with Crippen molar-refractivity contribution in [2.24, 2.45) is 10.9 Å². The summed E-state index contributed by atoms with van der Waals surface area (Å²) in [5.41, 5.74) is 6.94. The van der Waals surface area contributed by atoms with Gasteiger partial charge in [0.2, 0.25) is 0 Å². The molecule has 1 aliphatic heterocycles. The lowest BCUT2D eigenvalue weighted by Gasteiger charge is -2.32. The van der Waals surface area contributed by atoms with Gasteiger partial charge in [-0.25, -0.2) is 0 Å². The van der Waals surface area contributed by atoms with Crippen LogP contribution in [-0.2, 0) is 4.74 Å². The molecule has 2 rings (SSSR count). The molecular weight excluding hydrogens is 282 g/mol. The highest BCUT2D eigenvalue weighted by atomic mass is 35.5. The van der Waals surface area contributed by atoms with Crippen molar-refractivity contribution in [1.82, 2.24) is 4.90 Å². The Morgan fingerprint density at radius 1 is 1.60 bits per heavy atom. The first-order valence-corrected chi connectivity index (χ1v) is 6.55. The predicted octanol–water partition coefficient (Wildman–Crippen LogP) is 1.24. The van der Waals surface area contributed by atoms with Crippen molar-refractivity contribution in [2.45, 2.75) is 13.0 Å². The first kappa shape index (κ1) is 14.6. The fraction of sp³-hybridized carbons (Fsp3) is 0.385. The van der Waals surface area contributed by atoms with E-state index < -0.39 is 6.10 Å². The number of nitrogens with zero attached hydrogens (tertiary/aromatic N) is 2. The topological polar surface area (TPSA) is 88.2 Å². The first-order valence-electron chi connectivity index (χ1n) is 6.17. The second-order valence-corrected chi connectivity index (χ2v) is 5.03. The van der Waals surface area contributed by atoms with Crippen molar-refractivity contribution in [1.29, 1.82) is 0 Å². The molecule has 0 aromatic heterocycles. The normalized spacial score (nSPS) is 20.0. The lowest BCUT2D eigenvalue weighted by molar-refractivity contribution is 0.00676. The predicted molar refractivity (Wildman–Crippen MR) is 75.2 cm³/mol. The summed E-state index contributed by atoms with van der Waals surface area (Å²) in [7, 11) is 0. The molecule has 1 unspecified atom stereocenters. The van der Waals surface area contributed by atoms with Gasteiger partial charge in [0, 0.05) is 6.54 Å². The molecule has 1 fully saturated rings. The van der Waals surface area contributed by atoms with Crippen molar-refractivity contribution in [3.63, 3.8) is 0 Å². The number of hydrogen-bond donors (Lipinski definition) is 2. The molecule has 0 spiro atoms. The lowest BCUT2D eigenvalue weighted by Crippen LogP contribution is -2.50. The molecule has 1 atom stereocenters. The maximum absolute atomic E-state index is 12.4. The monoisotopic (exact) mass is 297 g/mol. The summed E-state index contributed by atoms with van der Waals surface area (Å²) in [4.78, 5) is 14.0. The van der Waals surface area contributed by atoms with Crippen LogP contribution in [0.5, 0.6) is 0 Å². The van der Waals surface area contributed by atoms with Gasteiger partial charge < -0.3 is 20.6 Å². The Hall–Kier alpha value is -1.79. The molecule has 0 bridgehead atoms. The van der Waals surface area contributed by atoms with Crippen molar-refractivity contribution in [3.8, 4) is 0 Å². The van der Waals surface area contributed by atoms with Gasteiger partial charge in [-0.2, -0.15) is 0 Å². The maximum Gasteiger partial charge on any atom is 0.255 e. The minimum atomic E-state index is -0.595. The number of oxime groups is 1. The van der Waals surface area contributed by atoms with E-state index in [-0.39, 0.29) is 18.3 Å². The number of carbonyl (C=O) groups is 1. The number of morpholine rings is 1. The zero-order valence-electron chi connectivity index (χ0n) is 11.0. The van der Waals surface area contributed by atoms with E-state index in [9.17, 15) is 4.79 Å². The van der Waals surface area contributed by atoms with E-state index in [0.717, 1.165) is 5.56 Å². The zero-order chi connectivity index (χ0) is 14.7. The van der Waals surface area contributed by atoms with E-state index in [4.69, 9.17) is 27.3 Å². The average molecular weight is 298 g/mol. The maximum atomic E-state index is 12.4. The summed E-state index contributed by atoms with van der Waals surface area (Å²) in [5.74, 6) is -0.230. The van der Waals surface area contributed by atoms with Crippen LogP contribution in [-0.4, -0.2) is 47.7 Å². The van der Waals surface area contributed by atoms with Gasteiger partial charge in [-0.3, -0.25) is 4.79 Å². The molecule has 1 aliphatic rings. The molecule has 1 aromatic rings. The number of nitrogens with two attached hydrogens (primary N) is 1. The summed E-state index contributed by atoms with van der Waals surface area (Å²) in [6.45, 7) is 2.91. The van der Waals surface area contributed by atoms with Crippen LogP contribution in [0.4, 0.5) is 0 Å². The zero-order valence-corrected chi connectivity index (χ0v) is 11.8. The smallest absolute Gasteiger partial charge is 0.255 e. The fourth-order valence-corrected chi connectivity index (χ4v) is 2.36. The van der Waals surface area contributed by atoms with E-state index in [2.05, 4.69) is 5.16 Å². The molecule has 0 saturated carbocycles. The number of rotatable bonds is 2. The minimum Gasteiger partial charge on any atom is -0.409 e. The quantitative estimate of drug-likeness (QED) is 0.372. The molecule has 1 heterocycles. The third kappa shape index (κ3) is 3.02. The standard InChI is InChI=1S/C13H16ClN3O3/c1-8-2-3-9(10(14)6-8)13(18)17-4-5-20-11(7-17)12(15)16-19/h2-3,6,11,19H,4-5,7H2,1H3,(H2,15,16). The Morgan fingerprint density at radius 2 is 2.35 bits per heavy atom. The van der Waals surface area contributed by atoms with Gasteiger partial charge in [0.15, 0.2) is 5.84 Å². The Labute approximate surface area is 121 Å². The molecule has 7 heteroatoms. The number of ether oxygens (including phenoxy) is 1. The van der Waals surface area contributed by atoms with Crippen LogP contribution in [0.1, 0.15) is 15.9 Å². The minimum absolute atomic E-state index is 0.0440. The van der Waals surface area contributed by atoms with Gasteiger partial charge in [-0.1, -0.05) is 22.8 Å². The molecule has 0 aliphatic carbocycles. The molecule has 108 valence electrons. The fourth-order valence-electron chi connectivity index (χ4n) is 2.04. The van der Waals surface area contributed by atoms with Crippen molar-refractivity contribution < 1.29 is 14.7 Å². The SMILES string of the molecule is Cc1ccc(C(=O)N2CCOC(/C(N)=N/O)C2)c(Cl)c1. The molecule has 20 heavy (non-hydrogen) atoms. The summed E-state index contributed by atoms with van der Waals surface area (Å²) in [6.07, 6.45) is -0.595. The van der Waals surface area contributed by atoms with Crippen molar-refractivity contribution >= 4 is 23.3 Å². The van der Waals surface area contributed by atoms with Crippen molar-refractivity contribution in [2.75, 3.05) is 19.7 Å². The Morgan fingerprint density at radius 3 is 3.00 bits per heavy atom. The van der Waals surface area contributed by atoms with Gasteiger partial charge in [0.05, 0.1) is 23.7 Å². The van der Waals surface area contributed by atoms with Gasteiger partial charge in [-0.05, 0) is 24.6 Å². The first-order chi connectivity index (χ1) is 9.52. The molecule has 1 saturated heterocycles. The Balaban J connectivity index is 2.16. The summed E-state index contributed by atoms with van der Waals surface area (Å²) in [5, 5.41) is 12.0. The van der Waals surface area contributed by atoms with Crippen LogP contribution in [0.25, 0.3) is 0 Å². The highest BCUT2D eigenvalue weighted by molar-refractivity contribution is 6.33. The highest BCUT2D eigenvalue weighted by Crippen LogP contribution is 2.20. The van der Waals surface area contributed by atoms with E-state index in [1.165, 1.54) is 0 Å². The van der Waals surface area contributed by atoms with Crippen LogP contribution in [0.3, 0.4) is 0 Å². The second kappa shape index (κ2) is 6.11. The third-order valence-corrected chi connectivity index (χ3v) is 3.47. The summed E-state index contributed by atoms with van der Waals surface area (Å²) in [6, 6.07) is 5.28. The molecule has 3 N–H and O–H groups in total. The summed E-state index contributed by atoms with van der Waals surface area (Å²) < 4.78 is 5.35. The van der Waals surface area contributed by atoms with Crippen molar-refractivity contribution in [3.05, 3.63) is 34.3 Å². The summed E-state index contributed by atoms with van der Waals surface area (Å²) >= 11 is 6.10. The molecule has 1 amide bonds. The average Bonchev–Trinajstić information content (AvgIpc) is 2.46. The second-order valence-electron chi connectivity index (χ2n) is 4.62. The molecule has 0 radical (unpaired) electrons. The molecular formula is C13H16ClN3O3. The lowest BCUT2D eigenvalue weighted by atomic mass is 10.1. The van der Waals surface area contributed by atoms with E-state index in [1.54, 1.807) is 17.0 Å². The Kier molecular flexibility index (Phi) is 4.46. The van der Waals surface area contributed by atoms with Gasteiger partial charge in [-0.15, -0.1) is 0 Å². The number of benzene rings is 1. The van der Waals surface area contributed by atoms with E-state index >= 15 is 0 Å². The molecule has 1 aromatic carbocycles. The van der Waals surface area contributed by atoms with E-state index in [1.807, 2.05) is 13.0 Å². The van der Waals surface area contributed by atoms with Crippen LogP contribution in [0.15, 0.2) is 23.4 Å². The van der Waals surface area contributed by atoms with Crippen LogP contribution in [0.2, 0.25) is 5.02 Å². The van der Waals surface area contributed by atoms with Gasteiger partial charge in [0.1, 0.15) is 6.10 Å². The highest BCUT2D eigenvalue weighted by Gasteiger charge is 2.28. The largest absolute Gasteiger partial charge is 0.409 e.